The van der Waals surface area contributed by atoms with Crippen molar-refractivity contribution in [3.63, 3.8) is 0 Å². The number of aromatic nitrogens is 4. The summed E-state index contributed by atoms with van der Waals surface area (Å²) in [5, 5.41) is 11.6. The Morgan fingerprint density at radius 3 is 2.67 bits per heavy atom. The molecule has 1 aromatic heterocycles. The van der Waals surface area contributed by atoms with Crippen molar-refractivity contribution < 1.29 is 8.42 Å². The molecule has 0 atom stereocenters. The minimum absolute atomic E-state index is 0.260. The number of benzene rings is 1. The Hall–Kier alpha value is -1.49. The van der Waals surface area contributed by atoms with Crippen molar-refractivity contribution in [1.82, 2.24) is 29.7 Å². The van der Waals surface area contributed by atoms with Crippen LogP contribution in [0.1, 0.15) is 5.56 Å². The molecule has 0 aliphatic rings. The van der Waals surface area contributed by atoms with Gasteiger partial charge >= 0.3 is 0 Å². The second-order valence-electron chi connectivity index (χ2n) is 4.14. The lowest BCUT2D eigenvalue weighted by molar-refractivity contribution is 0.568. The first-order valence-electron chi connectivity index (χ1n) is 6.20. The number of hydrogen-bond acceptors (Lipinski definition) is 6. The van der Waals surface area contributed by atoms with Crippen molar-refractivity contribution in [3.05, 3.63) is 35.9 Å². The predicted octanol–water partition coefficient (Wildman–Crippen LogP) is -0.0736. The van der Waals surface area contributed by atoms with Crippen molar-refractivity contribution in [1.29, 1.82) is 0 Å². The van der Waals surface area contributed by atoms with E-state index in [-0.39, 0.29) is 6.54 Å². The van der Waals surface area contributed by atoms with Gasteiger partial charge in [-0.2, -0.15) is 13.1 Å². The number of aryl methyl sites for hydroxylation is 1. The standard InChI is InChI=1S/C11H16N6O2S2/c1-17-11(14-15-16-17)20-8-7-12-21(18,19)13-9-10-5-3-2-4-6-10/h2-6,12-13H,7-9H2,1H3. The van der Waals surface area contributed by atoms with E-state index >= 15 is 0 Å². The molecule has 0 unspecified atom stereocenters. The van der Waals surface area contributed by atoms with Crippen molar-refractivity contribution >= 4 is 22.0 Å². The summed E-state index contributed by atoms with van der Waals surface area (Å²) in [6.07, 6.45) is 0. The molecular formula is C11H16N6O2S2. The lowest BCUT2D eigenvalue weighted by atomic mass is 10.2. The Kier molecular flexibility index (Phi) is 5.67. The van der Waals surface area contributed by atoms with Gasteiger partial charge in [-0.15, -0.1) is 5.10 Å². The summed E-state index contributed by atoms with van der Waals surface area (Å²) < 4.78 is 30.0. The first-order chi connectivity index (χ1) is 10.1. The Bertz CT molecular complexity index is 658. The van der Waals surface area contributed by atoms with Crippen LogP contribution in [0.5, 0.6) is 0 Å². The van der Waals surface area contributed by atoms with Crippen LogP contribution in [0, 0.1) is 0 Å². The van der Waals surface area contributed by atoms with Crippen LogP contribution in [0.4, 0.5) is 0 Å². The topological polar surface area (TPSA) is 102 Å². The van der Waals surface area contributed by atoms with Crippen molar-refractivity contribution in [3.8, 4) is 0 Å². The molecule has 2 aromatic rings. The average molecular weight is 328 g/mol. The number of tetrazole rings is 1. The maximum absolute atomic E-state index is 11.8. The van der Waals surface area contributed by atoms with Crippen LogP contribution in [0.15, 0.2) is 35.5 Å². The highest BCUT2D eigenvalue weighted by Gasteiger charge is 2.09. The Morgan fingerprint density at radius 1 is 1.24 bits per heavy atom. The smallest absolute Gasteiger partial charge is 0.224 e. The number of hydrogen-bond donors (Lipinski definition) is 2. The summed E-state index contributed by atoms with van der Waals surface area (Å²) in [6.45, 7) is 0.554. The van der Waals surface area contributed by atoms with E-state index in [2.05, 4.69) is 25.0 Å². The summed E-state index contributed by atoms with van der Waals surface area (Å²) in [7, 11) is -1.77. The van der Waals surface area contributed by atoms with Gasteiger partial charge in [0.25, 0.3) is 10.2 Å². The van der Waals surface area contributed by atoms with Crippen LogP contribution in [0.2, 0.25) is 0 Å². The van der Waals surface area contributed by atoms with E-state index in [9.17, 15) is 8.42 Å². The van der Waals surface area contributed by atoms with E-state index in [0.717, 1.165) is 5.56 Å². The highest BCUT2D eigenvalue weighted by atomic mass is 32.2. The molecule has 0 saturated heterocycles. The van der Waals surface area contributed by atoms with E-state index < -0.39 is 10.2 Å². The van der Waals surface area contributed by atoms with E-state index in [1.165, 1.54) is 16.4 Å². The van der Waals surface area contributed by atoms with E-state index in [0.29, 0.717) is 17.5 Å². The summed E-state index contributed by atoms with van der Waals surface area (Å²) in [5.41, 5.74) is 0.905. The van der Waals surface area contributed by atoms with Gasteiger partial charge in [0.1, 0.15) is 0 Å². The molecule has 0 saturated carbocycles. The quantitative estimate of drug-likeness (QED) is 0.519. The number of thioether (sulfide) groups is 1. The van der Waals surface area contributed by atoms with E-state index in [4.69, 9.17) is 0 Å². The molecule has 0 radical (unpaired) electrons. The number of nitrogens with zero attached hydrogens (tertiary/aromatic N) is 4. The third-order valence-corrected chi connectivity index (χ3v) is 4.64. The molecule has 0 aliphatic carbocycles. The molecule has 8 nitrogen and oxygen atoms in total. The summed E-state index contributed by atoms with van der Waals surface area (Å²) in [4.78, 5) is 0. The number of nitrogens with one attached hydrogen (secondary N) is 2. The first kappa shape index (κ1) is 15.9. The van der Waals surface area contributed by atoms with Gasteiger partial charge in [0.2, 0.25) is 5.16 Å². The second-order valence-corrected chi connectivity index (χ2v) is 6.78. The summed E-state index contributed by atoms with van der Waals surface area (Å²) in [6, 6.07) is 9.33. The molecule has 0 amide bonds. The van der Waals surface area contributed by atoms with Gasteiger partial charge in [-0.1, -0.05) is 42.1 Å². The highest BCUT2D eigenvalue weighted by molar-refractivity contribution is 7.99. The van der Waals surface area contributed by atoms with Gasteiger partial charge in [-0.05, 0) is 16.0 Å². The van der Waals surface area contributed by atoms with Crippen LogP contribution in [0.25, 0.3) is 0 Å². The highest BCUT2D eigenvalue weighted by Crippen LogP contribution is 2.10. The van der Waals surface area contributed by atoms with Gasteiger partial charge in [-0.3, -0.25) is 0 Å². The SMILES string of the molecule is Cn1nnnc1SCCNS(=O)(=O)NCc1ccccc1. The molecule has 21 heavy (non-hydrogen) atoms. The molecule has 1 heterocycles. The van der Waals surface area contributed by atoms with Gasteiger partial charge in [0.05, 0.1) is 0 Å². The van der Waals surface area contributed by atoms with E-state index in [1.54, 1.807) is 7.05 Å². The second kappa shape index (κ2) is 7.50. The largest absolute Gasteiger partial charge is 0.277 e. The molecule has 2 rings (SSSR count). The average Bonchev–Trinajstić information content (AvgIpc) is 2.88. The minimum atomic E-state index is -3.50. The lowest BCUT2D eigenvalue weighted by Crippen LogP contribution is -2.37. The Morgan fingerprint density at radius 2 is 2.00 bits per heavy atom. The molecule has 1 aromatic carbocycles. The Labute approximate surface area is 127 Å². The summed E-state index contributed by atoms with van der Waals surface area (Å²) >= 11 is 1.38. The van der Waals surface area contributed by atoms with Gasteiger partial charge in [0.15, 0.2) is 0 Å². The van der Waals surface area contributed by atoms with Crippen molar-refractivity contribution in [2.45, 2.75) is 11.7 Å². The Balaban J connectivity index is 1.70. The fourth-order valence-corrected chi connectivity index (χ4v) is 3.15. The van der Waals surface area contributed by atoms with Crippen molar-refractivity contribution in [2.75, 3.05) is 12.3 Å². The molecule has 2 N–H and O–H groups in total. The molecule has 114 valence electrons. The van der Waals surface area contributed by atoms with Crippen LogP contribution in [-0.2, 0) is 23.8 Å². The fraction of sp³-hybridized carbons (Fsp3) is 0.364. The van der Waals surface area contributed by atoms with E-state index in [1.807, 2.05) is 30.3 Å². The zero-order valence-corrected chi connectivity index (χ0v) is 13.1. The van der Waals surface area contributed by atoms with Crippen LogP contribution in [0.3, 0.4) is 0 Å². The van der Waals surface area contributed by atoms with Gasteiger partial charge in [0, 0.05) is 25.9 Å². The molecule has 0 aliphatic heterocycles. The molecular weight excluding hydrogens is 312 g/mol. The summed E-state index contributed by atoms with van der Waals surface area (Å²) in [5.74, 6) is 0.542. The molecule has 0 bridgehead atoms. The van der Waals surface area contributed by atoms with Crippen LogP contribution < -0.4 is 9.44 Å². The predicted molar refractivity (Wildman–Crippen MR) is 79.7 cm³/mol. The molecule has 0 spiro atoms. The maximum atomic E-state index is 11.8. The zero-order chi connectivity index (χ0) is 15.1. The van der Waals surface area contributed by atoms with Gasteiger partial charge in [-0.25, -0.2) is 9.40 Å². The lowest BCUT2D eigenvalue weighted by Gasteiger charge is -2.07. The minimum Gasteiger partial charge on any atom is -0.224 e. The first-order valence-corrected chi connectivity index (χ1v) is 8.67. The monoisotopic (exact) mass is 328 g/mol. The van der Waals surface area contributed by atoms with Crippen LogP contribution >= 0.6 is 11.8 Å². The molecule has 0 fully saturated rings. The maximum Gasteiger partial charge on any atom is 0.277 e. The van der Waals surface area contributed by atoms with Gasteiger partial charge < -0.3 is 0 Å². The third kappa shape index (κ3) is 5.42. The van der Waals surface area contributed by atoms with Crippen molar-refractivity contribution in [2.24, 2.45) is 7.05 Å². The normalized spacial score (nSPS) is 11.7. The fourth-order valence-electron chi connectivity index (χ4n) is 1.49. The molecule has 10 heteroatoms. The third-order valence-electron chi connectivity index (χ3n) is 2.52. The van der Waals surface area contributed by atoms with Crippen LogP contribution in [-0.4, -0.2) is 40.9 Å². The zero-order valence-electron chi connectivity index (χ0n) is 11.4. The number of rotatable bonds is 8.